The number of nitrogens with zero attached hydrogens (tertiary/aromatic N) is 3. The molecule has 10 nitrogen and oxygen atoms in total. The molecule has 13 heteroatoms. The Hall–Kier alpha value is -3.90. The number of carbonyl (C=O) groups is 3. The third kappa shape index (κ3) is 8.23. The SMILES string of the molecule is CN[C@@H](C)C(=O)N[C@H](C(=O)N1CCC[C@H]1C(=O)Cc1cc2c(NCc3ccc(F)cc3F)ncnc2cc1OC)C(C)(C)C.Cl. The summed E-state index contributed by atoms with van der Waals surface area (Å²) in [5, 5.41) is 9.44. The van der Waals surface area contributed by atoms with E-state index in [9.17, 15) is 23.2 Å². The number of likely N-dealkylation sites (N-methyl/N-ethyl adjacent to an activating group) is 1. The van der Waals surface area contributed by atoms with Crippen molar-refractivity contribution in [1.82, 2.24) is 25.5 Å². The smallest absolute Gasteiger partial charge is 0.246 e. The summed E-state index contributed by atoms with van der Waals surface area (Å²) >= 11 is 0. The lowest BCUT2D eigenvalue weighted by Crippen LogP contribution is -2.58. The first-order valence-corrected chi connectivity index (χ1v) is 14.6. The second-order valence-electron chi connectivity index (χ2n) is 12.1. The maximum absolute atomic E-state index is 14.2. The zero-order valence-corrected chi connectivity index (χ0v) is 27.2. The van der Waals surface area contributed by atoms with Crippen molar-refractivity contribution < 1.29 is 27.9 Å². The number of halogens is 3. The lowest BCUT2D eigenvalue weighted by atomic mass is 9.85. The Labute approximate surface area is 268 Å². The Morgan fingerprint density at radius 2 is 1.84 bits per heavy atom. The molecule has 4 rings (SSSR count). The summed E-state index contributed by atoms with van der Waals surface area (Å²) in [5.74, 6) is -1.21. The van der Waals surface area contributed by atoms with Crippen LogP contribution >= 0.6 is 12.4 Å². The average Bonchev–Trinajstić information content (AvgIpc) is 3.48. The van der Waals surface area contributed by atoms with E-state index in [0.29, 0.717) is 47.4 Å². The minimum Gasteiger partial charge on any atom is -0.496 e. The summed E-state index contributed by atoms with van der Waals surface area (Å²) in [7, 11) is 3.17. The number of ether oxygens (including phenoxy) is 1. The van der Waals surface area contributed by atoms with Gasteiger partial charge in [0.2, 0.25) is 11.8 Å². The number of benzene rings is 2. The van der Waals surface area contributed by atoms with Crippen molar-refractivity contribution in [3.63, 3.8) is 0 Å². The quantitative estimate of drug-likeness (QED) is 0.283. The number of hydrogen-bond acceptors (Lipinski definition) is 8. The van der Waals surface area contributed by atoms with Gasteiger partial charge in [-0.25, -0.2) is 18.7 Å². The molecule has 0 aliphatic carbocycles. The summed E-state index contributed by atoms with van der Waals surface area (Å²) < 4.78 is 33.2. The van der Waals surface area contributed by atoms with Crippen LogP contribution < -0.4 is 20.7 Å². The van der Waals surface area contributed by atoms with Gasteiger partial charge in [-0.3, -0.25) is 14.4 Å². The summed E-state index contributed by atoms with van der Waals surface area (Å²) in [6, 6.07) is 4.87. The molecule has 2 aromatic carbocycles. The van der Waals surface area contributed by atoms with Gasteiger partial charge in [-0.05, 0) is 44.4 Å². The second kappa shape index (κ2) is 14.9. The van der Waals surface area contributed by atoms with Crippen LogP contribution in [0.3, 0.4) is 0 Å². The van der Waals surface area contributed by atoms with Crippen LogP contribution in [0.25, 0.3) is 10.9 Å². The van der Waals surface area contributed by atoms with Gasteiger partial charge < -0.3 is 25.6 Å². The van der Waals surface area contributed by atoms with E-state index in [1.807, 2.05) is 20.8 Å². The van der Waals surface area contributed by atoms with Crippen LogP contribution in [-0.4, -0.2) is 71.3 Å². The monoisotopic (exact) mass is 646 g/mol. The Balaban J connectivity index is 0.00000552. The topological polar surface area (TPSA) is 126 Å². The normalized spacial score (nSPS) is 16.1. The van der Waals surface area contributed by atoms with Crippen molar-refractivity contribution in [3.05, 3.63) is 59.4 Å². The highest BCUT2D eigenvalue weighted by atomic mass is 35.5. The van der Waals surface area contributed by atoms with Crippen LogP contribution in [0.2, 0.25) is 0 Å². The van der Waals surface area contributed by atoms with E-state index in [4.69, 9.17) is 4.74 Å². The molecule has 3 aromatic rings. The number of aromatic nitrogens is 2. The molecule has 1 aliphatic rings. The van der Waals surface area contributed by atoms with Crippen LogP contribution in [0.1, 0.15) is 51.7 Å². The predicted molar refractivity (Wildman–Crippen MR) is 170 cm³/mol. The van der Waals surface area contributed by atoms with Gasteiger partial charge in [0.25, 0.3) is 0 Å². The fourth-order valence-corrected chi connectivity index (χ4v) is 5.33. The first-order valence-electron chi connectivity index (χ1n) is 14.6. The Kier molecular flexibility index (Phi) is 11.8. The van der Waals surface area contributed by atoms with Gasteiger partial charge in [0.15, 0.2) is 5.78 Å². The molecule has 1 saturated heterocycles. The zero-order chi connectivity index (χ0) is 32.2. The summed E-state index contributed by atoms with van der Waals surface area (Å²) in [5.41, 5.74) is 0.808. The van der Waals surface area contributed by atoms with Crippen molar-refractivity contribution in [1.29, 1.82) is 0 Å². The van der Waals surface area contributed by atoms with Crippen molar-refractivity contribution in [2.24, 2.45) is 5.41 Å². The molecule has 2 heterocycles. The number of likely N-dealkylation sites (tertiary alicyclic amines) is 1. The maximum Gasteiger partial charge on any atom is 0.246 e. The Morgan fingerprint density at radius 1 is 1.11 bits per heavy atom. The van der Waals surface area contributed by atoms with E-state index in [-0.39, 0.29) is 48.5 Å². The van der Waals surface area contributed by atoms with Gasteiger partial charge in [0, 0.05) is 48.2 Å². The van der Waals surface area contributed by atoms with Gasteiger partial charge in [-0.2, -0.15) is 0 Å². The first-order chi connectivity index (χ1) is 20.8. The number of fused-ring (bicyclic) bond motifs is 1. The van der Waals surface area contributed by atoms with Crippen LogP contribution in [0.15, 0.2) is 36.7 Å². The summed E-state index contributed by atoms with van der Waals surface area (Å²) in [6.07, 6.45) is 2.52. The van der Waals surface area contributed by atoms with Crippen LogP contribution in [-0.2, 0) is 27.3 Å². The first kappa shape index (κ1) is 35.6. The predicted octanol–water partition coefficient (Wildman–Crippen LogP) is 4.19. The highest BCUT2D eigenvalue weighted by Crippen LogP contribution is 2.31. The van der Waals surface area contributed by atoms with Gasteiger partial charge in [-0.1, -0.05) is 26.8 Å². The zero-order valence-electron chi connectivity index (χ0n) is 26.4. The van der Waals surface area contributed by atoms with E-state index < -0.39 is 35.2 Å². The van der Waals surface area contributed by atoms with Crippen molar-refractivity contribution in [3.8, 4) is 5.75 Å². The minimum atomic E-state index is -0.814. The number of hydrogen-bond donors (Lipinski definition) is 3. The number of nitrogens with one attached hydrogen (secondary N) is 3. The van der Waals surface area contributed by atoms with Crippen molar-refractivity contribution in [2.45, 2.75) is 71.6 Å². The molecule has 0 radical (unpaired) electrons. The third-order valence-electron chi connectivity index (χ3n) is 8.00. The fraction of sp³-hybridized carbons (Fsp3) is 0.469. The lowest BCUT2D eigenvalue weighted by molar-refractivity contribution is -0.143. The van der Waals surface area contributed by atoms with E-state index in [0.717, 1.165) is 6.07 Å². The number of amides is 2. The molecule has 3 N–H and O–H groups in total. The van der Waals surface area contributed by atoms with E-state index in [1.165, 1.54) is 25.6 Å². The molecule has 0 bridgehead atoms. The molecule has 1 aromatic heterocycles. The number of ketones is 1. The maximum atomic E-state index is 14.2. The molecule has 2 amide bonds. The molecule has 0 unspecified atom stereocenters. The summed E-state index contributed by atoms with van der Waals surface area (Å²) in [4.78, 5) is 50.5. The van der Waals surface area contributed by atoms with E-state index >= 15 is 0 Å². The van der Waals surface area contributed by atoms with Crippen LogP contribution in [0, 0.1) is 17.0 Å². The highest BCUT2D eigenvalue weighted by molar-refractivity contribution is 5.96. The van der Waals surface area contributed by atoms with Gasteiger partial charge in [0.05, 0.1) is 24.7 Å². The Morgan fingerprint density at radius 3 is 2.49 bits per heavy atom. The van der Waals surface area contributed by atoms with Crippen LogP contribution in [0.4, 0.5) is 14.6 Å². The third-order valence-corrected chi connectivity index (χ3v) is 8.00. The molecule has 0 saturated carbocycles. The largest absolute Gasteiger partial charge is 0.496 e. The highest BCUT2D eigenvalue weighted by Gasteiger charge is 2.42. The number of carbonyl (C=O) groups excluding carboxylic acids is 3. The van der Waals surface area contributed by atoms with Crippen LogP contribution in [0.5, 0.6) is 5.75 Å². The molecule has 244 valence electrons. The average molecular weight is 647 g/mol. The molecule has 1 fully saturated rings. The molecular weight excluding hydrogens is 606 g/mol. The Bertz CT molecular complexity index is 1550. The fourth-order valence-electron chi connectivity index (χ4n) is 5.33. The molecular formula is C32H41ClF2N6O4. The molecule has 0 spiro atoms. The van der Waals surface area contributed by atoms with E-state index in [1.54, 1.807) is 31.0 Å². The lowest BCUT2D eigenvalue weighted by Gasteiger charge is -2.36. The van der Waals surface area contributed by atoms with Crippen molar-refractivity contribution in [2.75, 3.05) is 26.0 Å². The second-order valence-corrected chi connectivity index (χ2v) is 12.1. The van der Waals surface area contributed by atoms with Gasteiger partial charge >= 0.3 is 0 Å². The standard InChI is InChI=1S/C32H40F2N6O4.ClH/c1-18(35-5)30(42)39-28(32(2,3)4)31(43)40-11-7-8-25(40)26(41)13-20-12-22-24(15-27(20)44-6)37-17-38-29(22)36-16-19-9-10-21(33)14-23(19)34;/h9-10,12,14-15,17-18,25,28,35H,7-8,11,13,16H2,1-6H3,(H,39,42)(H,36,37,38);1H/t18-,25-,28+;/m0./s1. The van der Waals surface area contributed by atoms with Gasteiger partial charge in [-0.15, -0.1) is 12.4 Å². The minimum absolute atomic E-state index is 0. The molecule has 45 heavy (non-hydrogen) atoms. The number of methoxy groups -OCH3 is 1. The molecule has 3 atom stereocenters. The van der Waals surface area contributed by atoms with Crippen molar-refractivity contribution >= 4 is 46.7 Å². The molecule has 1 aliphatic heterocycles. The number of rotatable bonds is 11. The van der Waals surface area contributed by atoms with Gasteiger partial charge in [0.1, 0.15) is 35.6 Å². The van der Waals surface area contributed by atoms with E-state index in [2.05, 4.69) is 25.9 Å². The number of anilines is 1. The number of Topliss-reactive ketones (excluding diaryl/α,β-unsaturated/α-hetero) is 1. The summed E-state index contributed by atoms with van der Waals surface area (Å²) in [6.45, 7) is 7.82.